The van der Waals surface area contributed by atoms with Crippen molar-refractivity contribution in [1.29, 1.82) is 0 Å². The Balaban J connectivity index is 4.38. The van der Waals surface area contributed by atoms with Crippen LogP contribution in [-0.2, 0) is 15.9 Å². The Morgan fingerprint density at radius 1 is 1.75 bits per heavy atom. The number of carboxylic acid groups (broad SMARTS) is 1. The van der Waals surface area contributed by atoms with Crippen LogP contribution in [0.25, 0.3) is 0 Å². The van der Waals surface area contributed by atoms with E-state index in [-0.39, 0.29) is 18.7 Å². The first-order chi connectivity index (χ1) is 5.42. The van der Waals surface area contributed by atoms with Crippen molar-refractivity contribution in [3.05, 3.63) is 0 Å². The van der Waals surface area contributed by atoms with Gasteiger partial charge in [-0.1, -0.05) is 11.1 Å². The zero-order valence-corrected chi connectivity index (χ0v) is 7.60. The first-order valence-corrected chi connectivity index (χ1v) is 4.66. The van der Waals surface area contributed by atoms with Crippen molar-refractivity contribution in [3.63, 3.8) is 0 Å². The van der Waals surface area contributed by atoms with E-state index in [1.54, 1.807) is 0 Å². The summed E-state index contributed by atoms with van der Waals surface area (Å²) in [5.74, 6) is -1.52. The zero-order valence-electron chi connectivity index (χ0n) is 6.78. The first kappa shape index (κ1) is 11.5. The van der Waals surface area contributed by atoms with Crippen LogP contribution in [0, 0.1) is 5.41 Å². The summed E-state index contributed by atoms with van der Waals surface area (Å²) in [5.41, 5.74) is 3.92. The molecule has 0 rings (SSSR count). The maximum absolute atomic E-state index is 10.6. The van der Waals surface area contributed by atoms with Gasteiger partial charge in [0.05, 0.1) is 5.41 Å². The molecule has 0 radical (unpaired) electrons. The summed E-state index contributed by atoms with van der Waals surface area (Å²) < 4.78 is 20.6. The molecule has 0 aromatic rings. The van der Waals surface area contributed by atoms with Gasteiger partial charge in [0.1, 0.15) is 0 Å². The fourth-order valence-electron chi connectivity index (χ4n) is 0.820. The average Bonchev–Trinajstić information content (AvgIpc) is 1.85. The molecule has 0 bridgehead atoms. The zero-order chi connectivity index (χ0) is 9.78. The van der Waals surface area contributed by atoms with Gasteiger partial charge in [0, 0.05) is 5.75 Å². The SMILES string of the molecule is CC(CCN)(CS(=O)[O-])C(=O)O. The Hall–Kier alpha value is -0.460. The molecule has 0 heterocycles. The van der Waals surface area contributed by atoms with E-state index in [1.165, 1.54) is 6.92 Å². The van der Waals surface area contributed by atoms with Crippen LogP contribution in [0.2, 0.25) is 0 Å². The highest BCUT2D eigenvalue weighted by atomic mass is 32.2. The summed E-state index contributed by atoms with van der Waals surface area (Å²) in [6.07, 6.45) is 0.163. The Morgan fingerprint density at radius 2 is 2.25 bits per heavy atom. The van der Waals surface area contributed by atoms with Crippen molar-refractivity contribution in [1.82, 2.24) is 0 Å². The fourth-order valence-corrected chi connectivity index (χ4v) is 1.61. The van der Waals surface area contributed by atoms with E-state index in [1.807, 2.05) is 0 Å². The third-order valence-corrected chi connectivity index (χ3v) is 2.52. The van der Waals surface area contributed by atoms with Crippen LogP contribution in [-0.4, -0.2) is 32.1 Å². The molecule has 0 aromatic heterocycles. The van der Waals surface area contributed by atoms with E-state index in [0.29, 0.717) is 0 Å². The highest BCUT2D eigenvalue weighted by Gasteiger charge is 2.32. The molecular weight excluding hydrogens is 182 g/mol. The van der Waals surface area contributed by atoms with Crippen molar-refractivity contribution in [2.75, 3.05) is 12.3 Å². The minimum atomic E-state index is -2.34. The topological polar surface area (TPSA) is 103 Å². The largest absolute Gasteiger partial charge is 0.772 e. The van der Waals surface area contributed by atoms with Gasteiger partial charge in [0.2, 0.25) is 0 Å². The number of rotatable bonds is 5. The van der Waals surface area contributed by atoms with Crippen LogP contribution >= 0.6 is 0 Å². The van der Waals surface area contributed by atoms with Gasteiger partial charge in [-0.25, -0.2) is 0 Å². The Kier molecular flexibility index (Phi) is 4.36. The van der Waals surface area contributed by atoms with Crippen LogP contribution in [0.4, 0.5) is 0 Å². The van der Waals surface area contributed by atoms with E-state index in [9.17, 15) is 13.6 Å². The monoisotopic (exact) mass is 194 g/mol. The van der Waals surface area contributed by atoms with Gasteiger partial charge in [-0.2, -0.15) is 0 Å². The molecule has 72 valence electrons. The number of hydrogen-bond acceptors (Lipinski definition) is 4. The summed E-state index contributed by atoms with van der Waals surface area (Å²) in [7, 11) is 0. The number of aliphatic carboxylic acids is 1. The molecule has 6 heteroatoms. The van der Waals surface area contributed by atoms with Gasteiger partial charge >= 0.3 is 5.97 Å². The summed E-state index contributed by atoms with van der Waals surface area (Å²) in [6, 6.07) is 0. The van der Waals surface area contributed by atoms with Gasteiger partial charge in [0.25, 0.3) is 0 Å². The minimum Gasteiger partial charge on any atom is -0.772 e. The second kappa shape index (κ2) is 4.54. The summed E-state index contributed by atoms with van der Waals surface area (Å²) in [4.78, 5) is 10.6. The lowest BCUT2D eigenvalue weighted by molar-refractivity contribution is -0.146. The van der Waals surface area contributed by atoms with Crippen LogP contribution in [0.3, 0.4) is 0 Å². The molecule has 5 nitrogen and oxygen atoms in total. The molecule has 2 atom stereocenters. The van der Waals surface area contributed by atoms with Crippen LogP contribution in [0.5, 0.6) is 0 Å². The summed E-state index contributed by atoms with van der Waals surface area (Å²) in [6.45, 7) is 1.54. The van der Waals surface area contributed by atoms with E-state index in [2.05, 4.69) is 0 Å². The van der Waals surface area contributed by atoms with Gasteiger partial charge in [-0.15, -0.1) is 0 Å². The lowest BCUT2D eigenvalue weighted by Gasteiger charge is -2.24. The maximum atomic E-state index is 10.6. The molecule has 0 aliphatic carbocycles. The molecule has 12 heavy (non-hydrogen) atoms. The second-order valence-electron chi connectivity index (χ2n) is 2.85. The van der Waals surface area contributed by atoms with Gasteiger partial charge in [-0.3, -0.25) is 9.00 Å². The van der Waals surface area contributed by atoms with E-state index < -0.39 is 22.5 Å². The number of carbonyl (C=O) groups is 1. The molecule has 0 aliphatic heterocycles. The standard InChI is InChI=1S/C6H13NO4S/c1-6(2-3-7,5(8)9)4-12(10)11/h2-4,7H2,1H3,(H,8,9)(H,10,11)/p-1. The smallest absolute Gasteiger partial charge is 0.310 e. The maximum Gasteiger partial charge on any atom is 0.310 e. The number of carboxylic acids is 1. The lowest BCUT2D eigenvalue weighted by Crippen LogP contribution is -2.35. The highest BCUT2D eigenvalue weighted by Crippen LogP contribution is 2.21. The Labute approximate surface area is 73.2 Å². The predicted octanol–water partition coefficient (Wildman–Crippen LogP) is -0.695. The molecule has 0 aliphatic rings. The molecule has 0 aromatic carbocycles. The van der Waals surface area contributed by atoms with Crippen molar-refractivity contribution >= 4 is 17.0 Å². The van der Waals surface area contributed by atoms with Crippen LogP contribution in [0.15, 0.2) is 0 Å². The van der Waals surface area contributed by atoms with Gasteiger partial charge in [-0.05, 0) is 19.9 Å². The van der Waals surface area contributed by atoms with E-state index in [0.717, 1.165) is 0 Å². The van der Waals surface area contributed by atoms with Crippen LogP contribution in [0.1, 0.15) is 13.3 Å². The van der Waals surface area contributed by atoms with Gasteiger partial charge in [0.15, 0.2) is 0 Å². The quantitative estimate of drug-likeness (QED) is 0.563. The average molecular weight is 194 g/mol. The molecular formula is C6H12NO4S-. The van der Waals surface area contributed by atoms with Crippen molar-refractivity contribution < 1.29 is 18.7 Å². The Morgan fingerprint density at radius 3 is 2.50 bits per heavy atom. The third-order valence-electron chi connectivity index (χ3n) is 1.65. The van der Waals surface area contributed by atoms with Crippen LogP contribution < -0.4 is 5.73 Å². The molecule has 3 N–H and O–H groups in total. The molecule has 0 amide bonds. The molecule has 0 fully saturated rings. The fraction of sp³-hybridized carbons (Fsp3) is 0.833. The molecule has 2 unspecified atom stereocenters. The molecule has 0 saturated heterocycles. The van der Waals surface area contributed by atoms with Crippen molar-refractivity contribution in [2.45, 2.75) is 13.3 Å². The number of nitrogens with two attached hydrogens (primary N) is 1. The predicted molar refractivity (Wildman–Crippen MR) is 43.2 cm³/mol. The lowest BCUT2D eigenvalue weighted by atomic mass is 9.89. The van der Waals surface area contributed by atoms with Gasteiger partial charge < -0.3 is 15.4 Å². The third kappa shape index (κ3) is 3.29. The van der Waals surface area contributed by atoms with E-state index in [4.69, 9.17) is 10.8 Å². The summed E-state index contributed by atoms with van der Waals surface area (Å²) in [5, 5.41) is 8.68. The normalized spacial score (nSPS) is 18.2. The number of hydrogen-bond donors (Lipinski definition) is 2. The first-order valence-electron chi connectivity index (χ1n) is 3.42. The minimum absolute atomic E-state index is 0.163. The molecule has 0 saturated carbocycles. The van der Waals surface area contributed by atoms with Crippen molar-refractivity contribution in [2.24, 2.45) is 11.1 Å². The Bertz CT molecular complexity index is 196. The summed E-state index contributed by atoms with van der Waals surface area (Å²) >= 11 is -2.34. The second-order valence-corrected chi connectivity index (χ2v) is 3.75. The van der Waals surface area contributed by atoms with Crippen molar-refractivity contribution in [3.8, 4) is 0 Å². The molecule has 0 spiro atoms. The van der Waals surface area contributed by atoms with E-state index >= 15 is 0 Å². The highest BCUT2D eigenvalue weighted by molar-refractivity contribution is 7.79.